The van der Waals surface area contributed by atoms with Gasteiger partial charge in [0.1, 0.15) is 21.6 Å². The van der Waals surface area contributed by atoms with Gasteiger partial charge in [0.05, 0.1) is 6.54 Å². The van der Waals surface area contributed by atoms with Crippen LogP contribution in [0, 0.1) is 12.7 Å². The lowest BCUT2D eigenvalue weighted by atomic mass is 10.2. The molecule has 3 aromatic heterocycles. The van der Waals surface area contributed by atoms with Crippen LogP contribution in [0.5, 0.6) is 0 Å². The van der Waals surface area contributed by atoms with Gasteiger partial charge < -0.3 is 5.32 Å². The summed E-state index contributed by atoms with van der Waals surface area (Å²) < 4.78 is 55.3. The molecule has 7 nitrogen and oxygen atoms in total. The lowest BCUT2D eigenvalue weighted by Gasteiger charge is -2.09. The maximum atomic E-state index is 13.4. The summed E-state index contributed by atoms with van der Waals surface area (Å²) in [6.07, 6.45) is -3.34. The van der Waals surface area contributed by atoms with E-state index in [4.69, 9.17) is 23.2 Å². The van der Waals surface area contributed by atoms with Crippen molar-refractivity contribution in [3.63, 3.8) is 0 Å². The molecule has 32 heavy (non-hydrogen) atoms. The molecule has 0 bridgehead atoms. The number of fused-ring (bicyclic) bond motifs is 1. The van der Waals surface area contributed by atoms with E-state index < -0.39 is 29.3 Å². The van der Waals surface area contributed by atoms with Gasteiger partial charge in [-0.2, -0.15) is 23.4 Å². The van der Waals surface area contributed by atoms with Gasteiger partial charge in [0.2, 0.25) is 0 Å². The molecule has 4 rings (SSSR count). The highest BCUT2D eigenvalue weighted by Gasteiger charge is 2.36. The van der Waals surface area contributed by atoms with Gasteiger partial charge in [0.15, 0.2) is 17.2 Å². The van der Waals surface area contributed by atoms with Crippen molar-refractivity contribution in [2.24, 2.45) is 0 Å². The average molecular weight is 487 g/mol. The van der Waals surface area contributed by atoms with Gasteiger partial charge in [-0.25, -0.2) is 13.9 Å². The van der Waals surface area contributed by atoms with Crippen molar-refractivity contribution in [2.45, 2.75) is 19.6 Å². The van der Waals surface area contributed by atoms with Crippen LogP contribution in [-0.4, -0.2) is 30.3 Å². The fourth-order valence-electron chi connectivity index (χ4n) is 3.01. The van der Waals surface area contributed by atoms with Crippen molar-refractivity contribution in [3.05, 3.63) is 75.0 Å². The van der Waals surface area contributed by atoms with Crippen molar-refractivity contribution in [3.8, 4) is 0 Å². The molecule has 166 valence electrons. The highest BCUT2D eigenvalue weighted by Crippen LogP contribution is 2.32. The number of amides is 1. The number of benzene rings is 1. The first-order chi connectivity index (χ1) is 15.0. The van der Waals surface area contributed by atoms with Crippen LogP contribution in [0.1, 0.15) is 27.4 Å². The van der Waals surface area contributed by atoms with Gasteiger partial charge in [0, 0.05) is 11.9 Å². The number of anilines is 1. The van der Waals surface area contributed by atoms with Crippen LogP contribution in [0.25, 0.3) is 5.65 Å². The van der Waals surface area contributed by atoms with Gasteiger partial charge in [-0.05, 0) is 30.7 Å². The Balaban J connectivity index is 1.63. The third kappa shape index (κ3) is 4.26. The molecule has 0 aliphatic rings. The van der Waals surface area contributed by atoms with E-state index in [1.165, 1.54) is 36.0 Å². The Morgan fingerprint density at radius 2 is 1.94 bits per heavy atom. The topological polar surface area (TPSA) is 77.1 Å². The van der Waals surface area contributed by atoms with Crippen molar-refractivity contribution < 1.29 is 22.4 Å². The van der Waals surface area contributed by atoms with Crippen molar-refractivity contribution >= 4 is 40.6 Å². The van der Waals surface area contributed by atoms with E-state index in [9.17, 15) is 22.4 Å². The van der Waals surface area contributed by atoms with Crippen molar-refractivity contribution in [1.29, 1.82) is 0 Å². The summed E-state index contributed by atoms with van der Waals surface area (Å²) in [5.74, 6) is -1.41. The smallest absolute Gasteiger partial charge is 0.302 e. The number of aromatic nitrogens is 5. The largest absolute Gasteiger partial charge is 0.433 e. The zero-order valence-corrected chi connectivity index (χ0v) is 17.6. The van der Waals surface area contributed by atoms with E-state index >= 15 is 0 Å². The normalized spacial score (nSPS) is 11.8. The molecule has 1 amide bonds. The highest BCUT2D eigenvalue weighted by atomic mass is 35.5. The molecule has 0 radical (unpaired) electrons. The molecule has 1 N–H and O–H groups in total. The summed E-state index contributed by atoms with van der Waals surface area (Å²) in [7, 11) is 0. The van der Waals surface area contributed by atoms with Crippen molar-refractivity contribution in [2.75, 3.05) is 5.32 Å². The molecule has 0 atom stereocenters. The van der Waals surface area contributed by atoms with Gasteiger partial charge in [-0.15, -0.1) is 0 Å². The second-order valence-corrected chi connectivity index (χ2v) is 7.57. The molecule has 0 saturated heterocycles. The summed E-state index contributed by atoms with van der Waals surface area (Å²) in [4.78, 5) is 16.6. The zero-order chi connectivity index (χ0) is 23.2. The van der Waals surface area contributed by atoms with Crippen LogP contribution in [0.2, 0.25) is 10.0 Å². The van der Waals surface area contributed by atoms with Crippen LogP contribution in [0.4, 0.5) is 23.4 Å². The first-order valence-corrected chi connectivity index (χ1v) is 9.70. The first kappa shape index (κ1) is 22.0. The fraction of sp³-hybridized carbons (Fsp3) is 0.158. The van der Waals surface area contributed by atoms with Crippen LogP contribution in [0.3, 0.4) is 0 Å². The number of hydrogen-bond acceptors (Lipinski definition) is 4. The minimum atomic E-state index is -4.74. The molecule has 0 aliphatic heterocycles. The van der Waals surface area contributed by atoms with E-state index in [0.717, 1.165) is 6.07 Å². The van der Waals surface area contributed by atoms with Crippen LogP contribution in [-0.2, 0) is 12.7 Å². The summed E-state index contributed by atoms with van der Waals surface area (Å²) in [6.45, 7) is 1.53. The molecule has 0 fully saturated rings. The Bertz CT molecular complexity index is 1350. The van der Waals surface area contributed by atoms with Crippen LogP contribution >= 0.6 is 23.2 Å². The molecular weight excluding hydrogens is 475 g/mol. The van der Waals surface area contributed by atoms with Gasteiger partial charge >= 0.3 is 6.18 Å². The lowest BCUT2D eigenvalue weighted by Crippen LogP contribution is -2.16. The SMILES string of the molecule is Cc1cc(C(F)(F)F)n2nc(C(=O)Nc3nn(Cc4cccc(F)c4)cc3Cl)c(Cl)c2n1. The van der Waals surface area contributed by atoms with Gasteiger partial charge in [-0.1, -0.05) is 35.3 Å². The zero-order valence-electron chi connectivity index (χ0n) is 16.1. The predicted molar refractivity (Wildman–Crippen MR) is 108 cm³/mol. The molecule has 3 heterocycles. The van der Waals surface area contributed by atoms with Crippen molar-refractivity contribution in [1.82, 2.24) is 24.4 Å². The maximum absolute atomic E-state index is 13.4. The summed E-state index contributed by atoms with van der Waals surface area (Å²) in [5, 5.41) is 9.89. The van der Waals surface area contributed by atoms with E-state index in [2.05, 4.69) is 20.5 Å². The number of rotatable bonds is 4. The molecule has 13 heteroatoms. The third-order valence-electron chi connectivity index (χ3n) is 4.35. The van der Waals surface area contributed by atoms with Crippen LogP contribution in [0.15, 0.2) is 36.5 Å². The number of carbonyl (C=O) groups is 1. The molecule has 0 spiro atoms. The molecular formula is C19H12Cl2F4N6O. The molecule has 0 unspecified atom stereocenters. The van der Waals surface area contributed by atoms with E-state index in [1.807, 2.05) is 0 Å². The average Bonchev–Trinajstić information content (AvgIpc) is 3.20. The second-order valence-electron chi connectivity index (χ2n) is 6.79. The number of nitrogens with zero attached hydrogens (tertiary/aromatic N) is 5. The first-order valence-electron chi connectivity index (χ1n) is 8.95. The maximum Gasteiger partial charge on any atom is 0.433 e. The number of alkyl halides is 3. The number of halogens is 6. The molecule has 0 aliphatic carbocycles. The Kier molecular flexibility index (Phi) is 5.55. The molecule has 1 aromatic carbocycles. The Hall–Kier alpha value is -3.18. The Morgan fingerprint density at radius 3 is 2.62 bits per heavy atom. The summed E-state index contributed by atoms with van der Waals surface area (Å²) >= 11 is 12.2. The fourth-order valence-corrected chi connectivity index (χ4v) is 3.46. The van der Waals surface area contributed by atoms with Gasteiger partial charge in [0.25, 0.3) is 5.91 Å². The predicted octanol–water partition coefficient (Wildman–Crippen LogP) is 5.00. The monoisotopic (exact) mass is 486 g/mol. The Labute approximate surface area is 187 Å². The standard InChI is InChI=1S/C19H12Cl2F4N6O/c1-9-5-13(19(23,24)25)31-17(26-9)14(21)15(28-31)18(32)27-16-12(20)8-30(29-16)7-10-3-2-4-11(22)6-10/h2-6,8H,7H2,1H3,(H,27,29,32). The lowest BCUT2D eigenvalue weighted by molar-refractivity contribution is -0.142. The number of carbonyl (C=O) groups excluding carboxylic acids is 1. The van der Waals surface area contributed by atoms with E-state index in [-0.39, 0.29) is 33.7 Å². The minimum Gasteiger partial charge on any atom is -0.302 e. The third-order valence-corrected chi connectivity index (χ3v) is 4.97. The number of aryl methyl sites for hydroxylation is 1. The van der Waals surface area contributed by atoms with Crippen LogP contribution < -0.4 is 5.32 Å². The molecule has 0 saturated carbocycles. The highest BCUT2D eigenvalue weighted by molar-refractivity contribution is 6.37. The molecule has 4 aromatic rings. The Morgan fingerprint density at radius 1 is 1.19 bits per heavy atom. The van der Waals surface area contributed by atoms with E-state index in [1.54, 1.807) is 6.07 Å². The van der Waals surface area contributed by atoms with E-state index in [0.29, 0.717) is 10.1 Å². The summed E-state index contributed by atoms with van der Waals surface area (Å²) in [6, 6.07) is 6.63. The number of nitrogens with one attached hydrogen (secondary N) is 1. The quantitative estimate of drug-likeness (QED) is 0.411. The summed E-state index contributed by atoms with van der Waals surface area (Å²) in [5.41, 5.74) is -1.26. The second kappa shape index (κ2) is 8.06. The van der Waals surface area contributed by atoms with Gasteiger partial charge in [-0.3, -0.25) is 9.48 Å². The minimum absolute atomic E-state index is 0.0534. The number of hydrogen-bond donors (Lipinski definition) is 1.